The van der Waals surface area contributed by atoms with E-state index >= 15 is 0 Å². The lowest BCUT2D eigenvalue weighted by atomic mass is 9.91. The molecule has 0 radical (unpaired) electrons. The standard InChI is InChI=1S/C22H34N2O6/c1-4-7-15(17-11-13-8-6-9-16(25)18(13)22(29)30-17)24-21(28)20(27)19(26)14(23)10-12(3)5-2/h6,8-9,12,14-15,17,19-20,25-27H,4-5,7,10-11,23H2,1-3H3,(H,24,28). The molecule has 0 aromatic heterocycles. The molecule has 6 atom stereocenters. The molecule has 2 rings (SSSR count). The molecule has 0 bridgehead atoms. The third-order valence-electron chi connectivity index (χ3n) is 5.79. The second kappa shape index (κ2) is 10.7. The number of ether oxygens (including phenoxy) is 1. The first-order valence-corrected chi connectivity index (χ1v) is 10.6. The zero-order chi connectivity index (χ0) is 22.4. The maximum absolute atomic E-state index is 12.6. The topological polar surface area (TPSA) is 142 Å². The van der Waals surface area contributed by atoms with E-state index in [0.29, 0.717) is 31.2 Å². The molecule has 8 heteroatoms. The van der Waals surface area contributed by atoms with E-state index in [0.717, 1.165) is 6.42 Å². The van der Waals surface area contributed by atoms with Gasteiger partial charge in [-0.3, -0.25) is 4.79 Å². The highest BCUT2D eigenvalue weighted by atomic mass is 16.5. The number of nitrogens with one attached hydrogen (secondary N) is 1. The van der Waals surface area contributed by atoms with Crippen molar-refractivity contribution in [3.8, 4) is 5.75 Å². The van der Waals surface area contributed by atoms with Crippen molar-refractivity contribution in [3.63, 3.8) is 0 Å². The Morgan fingerprint density at radius 3 is 2.67 bits per heavy atom. The number of aromatic hydroxyl groups is 1. The Morgan fingerprint density at radius 2 is 2.03 bits per heavy atom. The number of carbonyl (C=O) groups is 2. The molecule has 0 spiro atoms. The number of aliphatic hydroxyl groups excluding tert-OH is 2. The second-order valence-corrected chi connectivity index (χ2v) is 8.21. The predicted octanol–water partition coefficient (Wildman–Crippen LogP) is 1.24. The lowest BCUT2D eigenvalue weighted by molar-refractivity contribution is -0.138. The van der Waals surface area contributed by atoms with Gasteiger partial charge in [-0.15, -0.1) is 0 Å². The van der Waals surface area contributed by atoms with Gasteiger partial charge in [0, 0.05) is 12.5 Å². The van der Waals surface area contributed by atoms with Crippen LogP contribution in [0.15, 0.2) is 18.2 Å². The Balaban J connectivity index is 2.08. The lowest BCUT2D eigenvalue weighted by Crippen LogP contribution is -2.55. The third kappa shape index (κ3) is 5.71. The minimum atomic E-state index is -1.68. The SMILES string of the molecule is CCCC(NC(=O)C(O)C(O)C(N)CC(C)CC)C1Cc2cccc(O)c2C(=O)O1. The number of rotatable bonds is 10. The van der Waals surface area contributed by atoms with Gasteiger partial charge >= 0.3 is 5.97 Å². The van der Waals surface area contributed by atoms with E-state index in [2.05, 4.69) is 5.32 Å². The van der Waals surface area contributed by atoms with E-state index < -0.39 is 42.3 Å². The molecule has 1 aromatic rings. The summed E-state index contributed by atoms with van der Waals surface area (Å²) in [6.45, 7) is 5.92. The van der Waals surface area contributed by atoms with Gasteiger partial charge in [-0.2, -0.15) is 0 Å². The molecule has 0 saturated heterocycles. The Bertz CT molecular complexity index is 740. The first kappa shape index (κ1) is 24.1. The van der Waals surface area contributed by atoms with E-state index in [1.165, 1.54) is 6.07 Å². The average Bonchev–Trinajstić information content (AvgIpc) is 2.71. The fourth-order valence-corrected chi connectivity index (χ4v) is 3.76. The summed E-state index contributed by atoms with van der Waals surface area (Å²) in [5, 5.41) is 33.3. The van der Waals surface area contributed by atoms with Crippen molar-refractivity contribution < 1.29 is 29.6 Å². The Morgan fingerprint density at radius 1 is 1.33 bits per heavy atom. The monoisotopic (exact) mass is 422 g/mol. The number of hydrogen-bond acceptors (Lipinski definition) is 7. The third-order valence-corrected chi connectivity index (χ3v) is 5.79. The Kier molecular flexibility index (Phi) is 8.64. The van der Waals surface area contributed by atoms with Crippen molar-refractivity contribution in [3.05, 3.63) is 29.3 Å². The highest BCUT2D eigenvalue weighted by Gasteiger charge is 2.37. The number of hydrogen-bond donors (Lipinski definition) is 5. The number of aliphatic hydroxyl groups is 2. The Hall–Kier alpha value is -2.16. The molecule has 30 heavy (non-hydrogen) atoms. The highest BCUT2D eigenvalue weighted by molar-refractivity contribution is 5.95. The number of benzene rings is 1. The molecule has 1 heterocycles. The molecule has 1 amide bonds. The molecule has 1 aromatic carbocycles. The number of cyclic esters (lactones) is 1. The minimum absolute atomic E-state index is 0.138. The van der Waals surface area contributed by atoms with E-state index in [9.17, 15) is 24.9 Å². The van der Waals surface area contributed by atoms with Crippen molar-refractivity contribution in [2.45, 2.75) is 83.3 Å². The summed E-state index contributed by atoms with van der Waals surface area (Å²) >= 11 is 0. The molecule has 6 unspecified atom stereocenters. The zero-order valence-corrected chi connectivity index (χ0v) is 17.9. The van der Waals surface area contributed by atoms with Crippen LogP contribution in [0.25, 0.3) is 0 Å². The van der Waals surface area contributed by atoms with Crippen LogP contribution in [0.2, 0.25) is 0 Å². The van der Waals surface area contributed by atoms with Crippen molar-refractivity contribution in [1.82, 2.24) is 5.32 Å². The van der Waals surface area contributed by atoms with Crippen LogP contribution in [0.1, 0.15) is 62.4 Å². The quantitative estimate of drug-likeness (QED) is 0.357. The number of carbonyl (C=O) groups excluding carboxylic acids is 2. The van der Waals surface area contributed by atoms with Crippen molar-refractivity contribution in [1.29, 1.82) is 0 Å². The van der Waals surface area contributed by atoms with Crippen molar-refractivity contribution in [2.24, 2.45) is 11.7 Å². The molecule has 0 fully saturated rings. The number of amides is 1. The van der Waals surface area contributed by atoms with Gasteiger partial charge in [0.1, 0.15) is 23.5 Å². The van der Waals surface area contributed by atoms with E-state index in [1.54, 1.807) is 12.1 Å². The molecular weight excluding hydrogens is 388 g/mol. The molecular formula is C22H34N2O6. The summed E-state index contributed by atoms with van der Waals surface area (Å²) in [6.07, 6.45) is -0.808. The van der Waals surface area contributed by atoms with Crippen molar-refractivity contribution >= 4 is 11.9 Å². The van der Waals surface area contributed by atoms with Crippen LogP contribution < -0.4 is 11.1 Å². The Labute approximate surface area is 177 Å². The van der Waals surface area contributed by atoms with Crippen LogP contribution in [0.3, 0.4) is 0 Å². The van der Waals surface area contributed by atoms with Gasteiger partial charge < -0.3 is 31.1 Å². The normalized spacial score (nSPS) is 21.0. The number of esters is 1. The molecule has 168 valence electrons. The first-order chi connectivity index (χ1) is 14.2. The van der Waals surface area contributed by atoms with Crippen molar-refractivity contribution in [2.75, 3.05) is 0 Å². The maximum atomic E-state index is 12.6. The van der Waals surface area contributed by atoms with Crippen LogP contribution in [0.4, 0.5) is 0 Å². The molecule has 0 saturated carbocycles. The van der Waals surface area contributed by atoms with Gasteiger partial charge in [0.25, 0.3) is 5.91 Å². The summed E-state index contributed by atoms with van der Waals surface area (Å²) < 4.78 is 5.48. The van der Waals surface area contributed by atoms with E-state index in [-0.39, 0.29) is 17.2 Å². The minimum Gasteiger partial charge on any atom is -0.507 e. The van der Waals surface area contributed by atoms with Gasteiger partial charge in [-0.25, -0.2) is 4.79 Å². The summed E-state index contributed by atoms with van der Waals surface area (Å²) in [5.41, 5.74) is 6.75. The molecule has 1 aliphatic rings. The molecule has 6 N–H and O–H groups in total. The maximum Gasteiger partial charge on any atom is 0.342 e. The number of phenols is 1. The van der Waals surface area contributed by atoms with Gasteiger partial charge in [0.15, 0.2) is 6.10 Å². The van der Waals surface area contributed by atoms with E-state index in [1.807, 2.05) is 20.8 Å². The largest absolute Gasteiger partial charge is 0.507 e. The summed E-state index contributed by atoms with van der Waals surface area (Å²) in [6, 6.07) is 3.53. The fourth-order valence-electron chi connectivity index (χ4n) is 3.76. The highest BCUT2D eigenvalue weighted by Crippen LogP contribution is 2.30. The fraction of sp³-hybridized carbons (Fsp3) is 0.636. The number of phenolic OH excluding ortho intramolecular Hbond substituents is 1. The summed E-state index contributed by atoms with van der Waals surface area (Å²) in [7, 11) is 0. The van der Waals surface area contributed by atoms with Crippen LogP contribution in [0.5, 0.6) is 5.75 Å². The summed E-state index contributed by atoms with van der Waals surface area (Å²) in [4.78, 5) is 25.0. The predicted molar refractivity (Wildman–Crippen MR) is 112 cm³/mol. The van der Waals surface area contributed by atoms with Crippen LogP contribution in [-0.2, 0) is 16.0 Å². The van der Waals surface area contributed by atoms with Crippen LogP contribution >= 0.6 is 0 Å². The number of nitrogens with two attached hydrogens (primary N) is 1. The molecule has 0 aliphatic carbocycles. The van der Waals surface area contributed by atoms with Crippen LogP contribution in [0, 0.1) is 5.92 Å². The van der Waals surface area contributed by atoms with Gasteiger partial charge in [0.2, 0.25) is 0 Å². The smallest absolute Gasteiger partial charge is 0.342 e. The average molecular weight is 423 g/mol. The number of fused-ring (bicyclic) bond motifs is 1. The van der Waals surface area contributed by atoms with E-state index in [4.69, 9.17) is 10.5 Å². The zero-order valence-electron chi connectivity index (χ0n) is 17.9. The summed E-state index contributed by atoms with van der Waals surface area (Å²) in [5.74, 6) is -1.28. The van der Waals surface area contributed by atoms with Gasteiger partial charge in [0.05, 0.1) is 6.04 Å². The van der Waals surface area contributed by atoms with Gasteiger partial charge in [-0.1, -0.05) is 45.7 Å². The molecule has 1 aliphatic heterocycles. The molecule has 8 nitrogen and oxygen atoms in total. The first-order valence-electron chi connectivity index (χ1n) is 10.6. The van der Waals surface area contributed by atoms with Crippen LogP contribution in [-0.4, -0.2) is 57.6 Å². The second-order valence-electron chi connectivity index (χ2n) is 8.21. The lowest BCUT2D eigenvalue weighted by Gasteiger charge is -2.33. The van der Waals surface area contributed by atoms with Gasteiger partial charge in [-0.05, 0) is 30.4 Å².